The van der Waals surface area contributed by atoms with E-state index in [1.807, 2.05) is 0 Å². The number of hydrogen-bond acceptors (Lipinski definition) is 8. The Morgan fingerprint density at radius 3 is 2.65 bits per heavy atom. The number of hydrogen-bond donors (Lipinski definition) is 1. The van der Waals surface area contributed by atoms with Gasteiger partial charge in [0.1, 0.15) is 11.0 Å². The van der Waals surface area contributed by atoms with E-state index in [1.54, 1.807) is 49.7 Å². The van der Waals surface area contributed by atoms with Crippen molar-refractivity contribution in [2.75, 3.05) is 26.5 Å². The predicted molar refractivity (Wildman–Crippen MR) is 124 cm³/mol. The third kappa shape index (κ3) is 4.53. The van der Waals surface area contributed by atoms with Crippen LogP contribution in [0.4, 0.5) is 14.5 Å². The molecular formula is C23H20F2N6O3. The fraction of sp³-hybridized carbons (Fsp3) is 0.174. The number of methoxy groups -OCH3 is 1. The number of nitrogens with zero attached hydrogens (tertiary/aromatic N) is 5. The smallest absolute Gasteiger partial charge is 0.281 e. The molecule has 3 heterocycles. The Morgan fingerprint density at radius 1 is 1.18 bits per heavy atom. The van der Waals surface area contributed by atoms with E-state index in [1.165, 1.54) is 24.1 Å². The number of anilines is 1. The van der Waals surface area contributed by atoms with Crippen LogP contribution in [0.15, 0.2) is 58.4 Å². The van der Waals surface area contributed by atoms with Gasteiger partial charge in [0.15, 0.2) is 6.61 Å². The van der Waals surface area contributed by atoms with Gasteiger partial charge < -0.3 is 15.2 Å². The molecule has 9 nitrogen and oxygen atoms in total. The van der Waals surface area contributed by atoms with Crippen LogP contribution >= 0.6 is 0 Å². The molecule has 0 bridgehead atoms. The zero-order valence-electron chi connectivity index (χ0n) is 18.3. The molecule has 0 aliphatic rings. The second-order valence-electron chi connectivity index (χ2n) is 7.10. The quantitative estimate of drug-likeness (QED) is 0.328. The van der Waals surface area contributed by atoms with E-state index in [4.69, 9.17) is 15.2 Å². The molecular weight excluding hydrogens is 446 g/mol. The number of halogens is 2. The molecule has 0 fully saturated rings. The van der Waals surface area contributed by atoms with Crippen LogP contribution in [0.1, 0.15) is 5.56 Å². The molecule has 34 heavy (non-hydrogen) atoms. The Bertz CT molecular complexity index is 1420. The lowest BCUT2D eigenvalue weighted by Crippen LogP contribution is -2.24. The average molecular weight is 466 g/mol. The molecule has 3 aromatic heterocycles. The molecule has 0 aliphatic carbocycles. The van der Waals surface area contributed by atoms with Crippen LogP contribution in [0.25, 0.3) is 27.8 Å². The van der Waals surface area contributed by atoms with E-state index in [2.05, 4.69) is 20.1 Å². The van der Waals surface area contributed by atoms with Crippen LogP contribution in [0.3, 0.4) is 0 Å². The van der Waals surface area contributed by atoms with Gasteiger partial charge in [-0.15, -0.1) is 0 Å². The van der Waals surface area contributed by atoms with Crippen LogP contribution in [0.2, 0.25) is 0 Å². The lowest BCUT2D eigenvalue weighted by atomic mass is 10.1. The van der Waals surface area contributed by atoms with Gasteiger partial charge in [-0.05, 0) is 30.3 Å². The number of aliphatic imine (C=N–C) groups is 1. The van der Waals surface area contributed by atoms with Crippen molar-refractivity contribution in [2.24, 2.45) is 4.99 Å². The molecule has 0 unspecified atom stereocenters. The first-order chi connectivity index (χ1) is 16.4. The largest absolute Gasteiger partial charge is 0.481 e. The normalized spacial score (nSPS) is 11.4. The van der Waals surface area contributed by atoms with Gasteiger partial charge >= 0.3 is 0 Å². The van der Waals surface area contributed by atoms with E-state index in [9.17, 15) is 13.6 Å². The Balaban J connectivity index is 1.97. The van der Waals surface area contributed by atoms with E-state index < -0.39 is 18.6 Å². The van der Waals surface area contributed by atoms with Crippen molar-refractivity contribution in [3.8, 4) is 28.6 Å². The van der Waals surface area contributed by atoms with Gasteiger partial charge in [0.2, 0.25) is 11.8 Å². The monoisotopic (exact) mass is 466 g/mol. The molecule has 0 spiro atoms. The number of alkyl halides is 2. The first-order valence-electron chi connectivity index (χ1n) is 10.1. The van der Waals surface area contributed by atoms with Crippen molar-refractivity contribution in [3.05, 3.63) is 64.6 Å². The van der Waals surface area contributed by atoms with Crippen molar-refractivity contribution in [2.45, 2.75) is 6.43 Å². The van der Waals surface area contributed by atoms with E-state index in [0.29, 0.717) is 33.9 Å². The standard InChI is InChI=1S/C23H20F2N6O3/c1-27-10-14-9-15(4-5-16(14)26)31-23(32)21(13-3-7-19(33-2)28-11-13)22-17(30-31)6-8-20(29-22)34-12-18(24)25/h3-11,18H,12,26H2,1-2H3. The molecule has 0 radical (unpaired) electrons. The zero-order chi connectivity index (χ0) is 24.2. The number of rotatable bonds is 7. The minimum absolute atomic E-state index is 0.0524. The lowest BCUT2D eigenvalue weighted by Gasteiger charge is -2.13. The maximum absolute atomic E-state index is 13.6. The van der Waals surface area contributed by atoms with Crippen LogP contribution < -0.4 is 20.8 Å². The molecule has 4 aromatic rings. The van der Waals surface area contributed by atoms with Crippen molar-refractivity contribution in [1.82, 2.24) is 19.7 Å². The van der Waals surface area contributed by atoms with Gasteiger partial charge in [0, 0.05) is 48.4 Å². The highest BCUT2D eigenvalue weighted by Crippen LogP contribution is 2.26. The molecule has 0 atom stereocenters. The number of nitrogens with two attached hydrogens (primary N) is 1. The second kappa shape index (κ2) is 9.61. The number of aromatic nitrogens is 4. The van der Waals surface area contributed by atoms with Crippen LogP contribution in [-0.4, -0.2) is 53.2 Å². The maximum atomic E-state index is 13.6. The SMILES string of the molecule is CN=Cc1cc(-n2nc3ccc(OCC(F)F)nc3c(-c3ccc(OC)nc3)c2=O)ccc1N. The topological polar surface area (TPSA) is 118 Å². The highest BCUT2D eigenvalue weighted by molar-refractivity contribution is 5.91. The van der Waals surface area contributed by atoms with E-state index in [-0.39, 0.29) is 17.0 Å². The summed E-state index contributed by atoms with van der Waals surface area (Å²) in [4.78, 5) is 26.1. The highest BCUT2D eigenvalue weighted by Gasteiger charge is 2.18. The summed E-state index contributed by atoms with van der Waals surface area (Å²) < 4.78 is 36.6. The van der Waals surface area contributed by atoms with Gasteiger partial charge in [-0.1, -0.05) is 0 Å². The first kappa shape index (κ1) is 22.8. The molecule has 0 amide bonds. The third-order valence-electron chi connectivity index (χ3n) is 4.87. The molecule has 174 valence electrons. The predicted octanol–water partition coefficient (Wildman–Crippen LogP) is 3.13. The molecule has 4 rings (SSSR count). The fourth-order valence-corrected chi connectivity index (χ4v) is 3.32. The van der Waals surface area contributed by atoms with Crippen LogP contribution in [0, 0.1) is 0 Å². The number of ether oxygens (including phenoxy) is 2. The number of fused-ring (bicyclic) bond motifs is 1. The van der Waals surface area contributed by atoms with Gasteiger partial charge in [-0.3, -0.25) is 9.79 Å². The van der Waals surface area contributed by atoms with Crippen LogP contribution in [-0.2, 0) is 0 Å². The third-order valence-corrected chi connectivity index (χ3v) is 4.87. The Kier molecular flexibility index (Phi) is 6.44. The summed E-state index contributed by atoms with van der Waals surface area (Å²) >= 11 is 0. The fourth-order valence-electron chi connectivity index (χ4n) is 3.32. The summed E-state index contributed by atoms with van der Waals surface area (Å²) in [6.45, 7) is -0.824. The highest BCUT2D eigenvalue weighted by atomic mass is 19.3. The van der Waals surface area contributed by atoms with E-state index >= 15 is 0 Å². The number of nitrogen functional groups attached to an aromatic ring is 1. The van der Waals surface area contributed by atoms with Gasteiger partial charge in [0.25, 0.3) is 12.0 Å². The molecule has 2 N–H and O–H groups in total. The maximum Gasteiger partial charge on any atom is 0.281 e. The average Bonchev–Trinajstić information content (AvgIpc) is 2.84. The summed E-state index contributed by atoms with van der Waals surface area (Å²) in [5.74, 6) is 0.307. The summed E-state index contributed by atoms with van der Waals surface area (Å²) in [7, 11) is 3.09. The van der Waals surface area contributed by atoms with Crippen molar-refractivity contribution in [1.29, 1.82) is 0 Å². The van der Waals surface area contributed by atoms with Gasteiger partial charge in [-0.2, -0.15) is 9.78 Å². The molecule has 1 aromatic carbocycles. The summed E-state index contributed by atoms with van der Waals surface area (Å²) in [5, 5.41) is 4.44. The van der Waals surface area contributed by atoms with Gasteiger partial charge in [-0.25, -0.2) is 18.7 Å². The van der Waals surface area contributed by atoms with Gasteiger partial charge in [0.05, 0.1) is 18.4 Å². The molecule has 0 aliphatic heterocycles. The van der Waals surface area contributed by atoms with Crippen molar-refractivity contribution in [3.63, 3.8) is 0 Å². The molecule has 0 saturated heterocycles. The first-order valence-corrected chi connectivity index (χ1v) is 10.1. The minimum atomic E-state index is -2.67. The Hall–Kier alpha value is -4.41. The zero-order valence-corrected chi connectivity index (χ0v) is 18.3. The van der Waals surface area contributed by atoms with Crippen LogP contribution in [0.5, 0.6) is 11.8 Å². The molecule has 11 heteroatoms. The lowest BCUT2D eigenvalue weighted by molar-refractivity contribution is 0.0798. The van der Waals surface area contributed by atoms with E-state index in [0.717, 1.165) is 0 Å². The summed E-state index contributed by atoms with van der Waals surface area (Å²) in [6.07, 6.45) is 0.375. The number of benzene rings is 1. The molecule has 0 saturated carbocycles. The van der Waals surface area contributed by atoms with Crippen molar-refractivity contribution >= 4 is 22.9 Å². The van der Waals surface area contributed by atoms with Crippen molar-refractivity contribution < 1.29 is 18.3 Å². The summed E-state index contributed by atoms with van der Waals surface area (Å²) in [6, 6.07) is 11.2. The Labute approximate surface area is 192 Å². The Morgan fingerprint density at radius 2 is 1.97 bits per heavy atom. The minimum Gasteiger partial charge on any atom is -0.481 e. The second-order valence-corrected chi connectivity index (χ2v) is 7.10. The number of pyridine rings is 2. The summed E-state index contributed by atoms with van der Waals surface area (Å²) in [5.41, 5.74) is 8.21.